The molecule has 0 unspecified atom stereocenters. The smallest absolute Gasteiger partial charge is 0.119 e. The highest BCUT2D eigenvalue weighted by molar-refractivity contribution is 6.42. The Labute approximate surface area is 128 Å². The molecular weight excluding hydrogens is 295 g/mol. The molecule has 0 spiro atoms. The van der Waals surface area contributed by atoms with Gasteiger partial charge in [-0.2, -0.15) is 5.10 Å². The molecule has 0 aromatic heterocycles. The molecule has 0 saturated heterocycles. The summed E-state index contributed by atoms with van der Waals surface area (Å²) in [6.45, 7) is 1.90. The molecule has 0 fully saturated rings. The molecule has 0 amide bonds. The highest BCUT2D eigenvalue weighted by Crippen LogP contribution is 2.23. The summed E-state index contributed by atoms with van der Waals surface area (Å²) < 4.78 is 5.10. The molecule has 0 saturated carbocycles. The molecule has 3 nitrogen and oxygen atoms in total. The molecule has 0 atom stereocenters. The van der Waals surface area contributed by atoms with Gasteiger partial charge in [0.05, 0.1) is 28.6 Å². The van der Waals surface area contributed by atoms with E-state index in [1.165, 1.54) is 0 Å². The summed E-state index contributed by atoms with van der Waals surface area (Å²) in [4.78, 5) is 0. The summed E-state index contributed by atoms with van der Waals surface area (Å²) in [5.74, 6) is 0.806. The predicted molar refractivity (Wildman–Crippen MR) is 85.3 cm³/mol. The second-order valence-corrected chi connectivity index (χ2v) is 4.98. The van der Waals surface area contributed by atoms with Crippen molar-refractivity contribution in [2.75, 3.05) is 12.5 Å². The fourth-order valence-corrected chi connectivity index (χ4v) is 1.90. The van der Waals surface area contributed by atoms with E-state index in [0.717, 1.165) is 22.7 Å². The van der Waals surface area contributed by atoms with Gasteiger partial charge in [-0.25, -0.2) is 0 Å². The third kappa shape index (κ3) is 3.65. The van der Waals surface area contributed by atoms with Crippen LogP contribution in [0.1, 0.15) is 12.5 Å². The molecule has 0 bridgehead atoms. The standard InChI is InChI=1S/C15H14Cl2N2O/c1-10(11-3-8-14(16)15(17)9-11)18-19-12-4-6-13(20-2)7-5-12/h3-9,19H,1-2H3/b18-10+. The van der Waals surface area contributed by atoms with Crippen LogP contribution in [-0.4, -0.2) is 12.8 Å². The normalized spacial score (nSPS) is 11.3. The quantitative estimate of drug-likeness (QED) is 0.648. The van der Waals surface area contributed by atoms with Crippen LogP contribution < -0.4 is 10.2 Å². The van der Waals surface area contributed by atoms with Gasteiger partial charge < -0.3 is 4.74 Å². The number of anilines is 1. The highest BCUT2D eigenvalue weighted by atomic mass is 35.5. The van der Waals surface area contributed by atoms with Gasteiger partial charge in [0.15, 0.2) is 0 Å². The topological polar surface area (TPSA) is 33.6 Å². The maximum absolute atomic E-state index is 5.99. The minimum absolute atomic E-state index is 0.517. The van der Waals surface area contributed by atoms with E-state index in [0.29, 0.717) is 10.0 Å². The zero-order valence-corrected chi connectivity index (χ0v) is 12.7. The first-order chi connectivity index (χ1) is 9.60. The largest absolute Gasteiger partial charge is 0.497 e. The van der Waals surface area contributed by atoms with E-state index in [4.69, 9.17) is 27.9 Å². The molecule has 0 aliphatic heterocycles. The van der Waals surface area contributed by atoms with Gasteiger partial charge in [0, 0.05) is 0 Å². The number of methoxy groups -OCH3 is 1. The molecule has 2 aromatic rings. The van der Waals surface area contributed by atoms with Crippen LogP contribution in [0.3, 0.4) is 0 Å². The van der Waals surface area contributed by atoms with Gasteiger partial charge >= 0.3 is 0 Å². The zero-order valence-electron chi connectivity index (χ0n) is 11.2. The van der Waals surface area contributed by atoms with E-state index < -0.39 is 0 Å². The fraction of sp³-hybridized carbons (Fsp3) is 0.133. The van der Waals surface area contributed by atoms with E-state index in [1.807, 2.05) is 37.3 Å². The number of nitrogens with one attached hydrogen (secondary N) is 1. The molecule has 2 aromatic carbocycles. The number of ether oxygens (including phenoxy) is 1. The summed E-state index contributed by atoms with van der Waals surface area (Å²) >= 11 is 11.9. The third-order valence-electron chi connectivity index (χ3n) is 2.78. The van der Waals surface area contributed by atoms with Crippen LogP contribution in [0.5, 0.6) is 5.75 Å². The van der Waals surface area contributed by atoms with Crippen LogP contribution in [0.25, 0.3) is 0 Å². The summed E-state index contributed by atoms with van der Waals surface area (Å²) in [6.07, 6.45) is 0. The van der Waals surface area contributed by atoms with Gasteiger partial charge in [0.2, 0.25) is 0 Å². The van der Waals surface area contributed by atoms with Crippen molar-refractivity contribution in [3.63, 3.8) is 0 Å². The number of benzene rings is 2. The number of hydrogen-bond acceptors (Lipinski definition) is 3. The Bertz CT molecular complexity index is 624. The fourth-order valence-electron chi connectivity index (χ4n) is 1.60. The van der Waals surface area contributed by atoms with Crippen LogP contribution >= 0.6 is 23.2 Å². The Hall–Kier alpha value is -1.71. The number of halogens is 2. The van der Waals surface area contributed by atoms with Gasteiger partial charge in [-0.05, 0) is 48.9 Å². The monoisotopic (exact) mass is 308 g/mol. The Morgan fingerprint density at radius 1 is 1.05 bits per heavy atom. The van der Waals surface area contributed by atoms with Crippen molar-refractivity contribution in [3.05, 3.63) is 58.1 Å². The Kier molecular flexibility index (Phi) is 4.88. The molecule has 5 heteroatoms. The van der Waals surface area contributed by atoms with Crippen LogP contribution in [0.4, 0.5) is 5.69 Å². The van der Waals surface area contributed by atoms with E-state index >= 15 is 0 Å². The lowest BCUT2D eigenvalue weighted by Gasteiger charge is -2.05. The molecular formula is C15H14Cl2N2O. The van der Waals surface area contributed by atoms with Gasteiger partial charge in [-0.15, -0.1) is 0 Å². The lowest BCUT2D eigenvalue weighted by molar-refractivity contribution is 0.415. The van der Waals surface area contributed by atoms with Crippen molar-refractivity contribution in [3.8, 4) is 5.75 Å². The van der Waals surface area contributed by atoms with Crippen LogP contribution in [0.2, 0.25) is 10.0 Å². The Morgan fingerprint density at radius 2 is 1.75 bits per heavy atom. The van der Waals surface area contributed by atoms with E-state index in [2.05, 4.69) is 10.5 Å². The van der Waals surface area contributed by atoms with E-state index in [-0.39, 0.29) is 0 Å². The summed E-state index contributed by atoms with van der Waals surface area (Å²) in [5, 5.41) is 5.37. The molecule has 0 aliphatic rings. The van der Waals surface area contributed by atoms with Crippen LogP contribution in [0.15, 0.2) is 47.6 Å². The van der Waals surface area contributed by atoms with Crippen molar-refractivity contribution < 1.29 is 4.74 Å². The summed E-state index contributed by atoms with van der Waals surface area (Å²) in [6, 6.07) is 12.9. The Balaban J connectivity index is 2.11. The van der Waals surface area contributed by atoms with Crippen molar-refractivity contribution in [1.82, 2.24) is 0 Å². The summed E-state index contributed by atoms with van der Waals surface area (Å²) in [5.41, 5.74) is 5.60. The van der Waals surface area contributed by atoms with Crippen molar-refractivity contribution in [2.45, 2.75) is 6.92 Å². The third-order valence-corrected chi connectivity index (χ3v) is 3.52. The summed E-state index contributed by atoms with van der Waals surface area (Å²) in [7, 11) is 1.63. The number of hydrazone groups is 1. The van der Waals surface area contributed by atoms with Gasteiger partial charge in [0.1, 0.15) is 5.75 Å². The zero-order chi connectivity index (χ0) is 14.5. The van der Waals surface area contributed by atoms with E-state index in [1.54, 1.807) is 19.2 Å². The van der Waals surface area contributed by atoms with Crippen LogP contribution in [0, 0.1) is 0 Å². The van der Waals surface area contributed by atoms with Crippen molar-refractivity contribution in [2.24, 2.45) is 5.10 Å². The molecule has 20 heavy (non-hydrogen) atoms. The first-order valence-electron chi connectivity index (χ1n) is 6.00. The minimum Gasteiger partial charge on any atom is -0.497 e. The predicted octanol–water partition coefficient (Wildman–Crippen LogP) is 4.84. The lowest BCUT2D eigenvalue weighted by Crippen LogP contribution is -1.99. The maximum atomic E-state index is 5.99. The number of rotatable bonds is 4. The average molecular weight is 309 g/mol. The second-order valence-electron chi connectivity index (χ2n) is 4.17. The number of hydrogen-bond donors (Lipinski definition) is 1. The average Bonchev–Trinajstić information content (AvgIpc) is 2.48. The second kappa shape index (κ2) is 6.64. The molecule has 0 aliphatic carbocycles. The van der Waals surface area contributed by atoms with E-state index in [9.17, 15) is 0 Å². The van der Waals surface area contributed by atoms with Gasteiger partial charge in [-0.1, -0.05) is 29.3 Å². The molecule has 0 radical (unpaired) electrons. The van der Waals surface area contributed by atoms with Gasteiger partial charge in [-0.3, -0.25) is 5.43 Å². The van der Waals surface area contributed by atoms with Crippen molar-refractivity contribution in [1.29, 1.82) is 0 Å². The first-order valence-corrected chi connectivity index (χ1v) is 6.75. The first kappa shape index (κ1) is 14.7. The molecule has 104 valence electrons. The van der Waals surface area contributed by atoms with Gasteiger partial charge in [0.25, 0.3) is 0 Å². The molecule has 0 heterocycles. The molecule has 1 N–H and O–H groups in total. The lowest BCUT2D eigenvalue weighted by atomic mass is 10.1. The Morgan fingerprint density at radius 3 is 2.35 bits per heavy atom. The SMILES string of the molecule is COc1ccc(N/N=C(\C)c2ccc(Cl)c(Cl)c2)cc1. The highest BCUT2D eigenvalue weighted by Gasteiger charge is 2.02. The maximum Gasteiger partial charge on any atom is 0.119 e. The molecule has 2 rings (SSSR count). The van der Waals surface area contributed by atoms with Crippen LogP contribution in [-0.2, 0) is 0 Å². The number of nitrogens with zero attached hydrogens (tertiary/aromatic N) is 1. The van der Waals surface area contributed by atoms with Crippen molar-refractivity contribution >= 4 is 34.6 Å². The minimum atomic E-state index is 0.517.